The van der Waals surface area contributed by atoms with Crippen molar-refractivity contribution in [1.29, 1.82) is 0 Å². The van der Waals surface area contributed by atoms with E-state index in [2.05, 4.69) is 9.97 Å². The second-order valence-corrected chi connectivity index (χ2v) is 4.29. The van der Waals surface area contributed by atoms with E-state index in [0.717, 1.165) is 17.0 Å². The fraction of sp³-hybridized carbons (Fsp3) is 0.286. The third-order valence-electron chi connectivity index (χ3n) is 2.76. The summed E-state index contributed by atoms with van der Waals surface area (Å²) in [6.07, 6.45) is 1.58. The lowest BCUT2D eigenvalue weighted by atomic mass is 10.1. The highest BCUT2D eigenvalue weighted by atomic mass is 16.5. The highest BCUT2D eigenvalue weighted by Gasteiger charge is 2.06. The van der Waals surface area contributed by atoms with Crippen molar-refractivity contribution in [2.75, 3.05) is 0 Å². The van der Waals surface area contributed by atoms with Crippen LogP contribution in [-0.4, -0.2) is 15.1 Å². The molecule has 0 saturated heterocycles. The molecule has 2 aromatic rings. The fourth-order valence-corrected chi connectivity index (χ4v) is 1.69. The van der Waals surface area contributed by atoms with E-state index in [0.29, 0.717) is 11.6 Å². The first kappa shape index (κ1) is 12.5. The van der Waals surface area contributed by atoms with E-state index in [1.807, 2.05) is 39.0 Å². The standard InChI is InChI=1S/C14H16N2O2/c1-9-4-5-13(10(2)6-9)18-14-15-7-12(8-17)11(3)16-14/h4-7,17H,8H2,1-3H3. The van der Waals surface area contributed by atoms with Crippen molar-refractivity contribution in [1.82, 2.24) is 9.97 Å². The number of aryl methyl sites for hydroxylation is 3. The molecule has 0 aliphatic rings. The molecule has 0 aliphatic carbocycles. The summed E-state index contributed by atoms with van der Waals surface area (Å²) >= 11 is 0. The van der Waals surface area contributed by atoms with Crippen LogP contribution in [0, 0.1) is 20.8 Å². The van der Waals surface area contributed by atoms with Crippen molar-refractivity contribution in [3.05, 3.63) is 46.8 Å². The van der Waals surface area contributed by atoms with E-state index in [1.165, 1.54) is 5.56 Å². The maximum atomic E-state index is 9.05. The summed E-state index contributed by atoms with van der Waals surface area (Å²) in [4.78, 5) is 8.29. The first-order valence-corrected chi connectivity index (χ1v) is 5.78. The largest absolute Gasteiger partial charge is 0.424 e. The summed E-state index contributed by atoms with van der Waals surface area (Å²) in [5.74, 6) is 0.747. The van der Waals surface area contributed by atoms with E-state index in [9.17, 15) is 0 Å². The van der Waals surface area contributed by atoms with Crippen molar-refractivity contribution in [3.8, 4) is 11.8 Å². The molecule has 1 heterocycles. The Morgan fingerprint density at radius 1 is 1.22 bits per heavy atom. The van der Waals surface area contributed by atoms with Gasteiger partial charge in [0.15, 0.2) is 0 Å². The second kappa shape index (κ2) is 5.14. The smallest absolute Gasteiger partial charge is 0.322 e. The van der Waals surface area contributed by atoms with Gasteiger partial charge in [-0.05, 0) is 32.4 Å². The summed E-state index contributed by atoms with van der Waals surface area (Å²) in [5, 5.41) is 9.05. The first-order valence-electron chi connectivity index (χ1n) is 5.78. The van der Waals surface area contributed by atoms with Gasteiger partial charge in [0.1, 0.15) is 5.75 Å². The lowest BCUT2D eigenvalue weighted by molar-refractivity contribution is 0.279. The highest BCUT2D eigenvalue weighted by Crippen LogP contribution is 2.23. The predicted molar refractivity (Wildman–Crippen MR) is 68.7 cm³/mol. The van der Waals surface area contributed by atoms with Gasteiger partial charge in [-0.1, -0.05) is 17.7 Å². The van der Waals surface area contributed by atoms with Gasteiger partial charge in [0.25, 0.3) is 0 Å². The Labute approximate surface area is 106 Å². The van der Waals surface area contributed by atoms with Crippen molar-refractivity contribution in [3.63, 3.8) is 0 Å². The number of aromatic nitrogens is 2. The first-order chi connectivity index (χ1) is 8.60. The Hall–Kier alpha value is -1.94. The molecule has 0 radical (unpaired) electrons. The van der Waals surface area contributed by atoms with Gasteiger partial charge in [-0.2, -0.15) is 4.98 Å². The van der Waals surface area contributed by atoms with Gasteiger partial charge in [0.05, 0.1) is 12.3 Å². The SMILES string of the molecule is Cc1ccc(Oc2ncc(CO)c(C)n2)c(C)c1. The lowest BCUT2D eigenvalue weighted by Crippen LogP contribution is -1.99. The predicted octanol–water partition coefficient (Wildman–Crippen LogP) is 2.69. The van der Waals surface area contributed by atoms with Crippen LogP contribution in [0.25, 0.3) is 0 Å². The molecule has 1 aromatic carbocycles. The molecule has 0 unspecified atom stereocenters. The molecule has 0 saturated carbocycles. The monoisotopic (exact) mass is 244 g/mol. The molecule has 0 amide bonds. The minimum absolute atomic E-state index is 0.0598. The van der Waals surface area contributed by atoms with Crippen LogP contribution in [0.4, 0.5) is 0 Å². The van der Waals surface area contributed by atoms with Gasteiger partial charge in [0.2, 0.25) is 0 Å². The number of ether oxygens (including phenoxy) is 1. The minimum atomic E-state index is -0.0598. The van der Waals surface area contributed by atoms with Crippen LogP contribution in [0.3, 0.4) is 0 Å². The average Bonchev–Trinajstić information content (AvgIpc) is 2.33. The number of aliphatic hydroxyl groups is 1. The summed E-state index contributed by atoms with van der Waals surface area (Å²) < 4.78 is 5.64. The lowest BCUT2D eigenvalue weighted by Gasteiger charge is -2.09. The summed E-state index contributed by atoms with van der Waals surface area (Å²) in [5.41, 5.74) is 3.67. The molecule has 0 bridgehead atoms. The Kier molecular flexibility index (Phi) is 3.58. The molecule has 0 aliphatic heterocycles. The summed E-state index contributed by atoms with van der Waals surface area (Å²) in [7, 11) is 0. The quantitative estimate of drug-likeness (QED) is 0.901. The van der Waals surface area contributed by atoms with Crippen LogP contribution in [0.5, 0.6) is 11.8 Å². The van der Waals surface area contributed by atoms with Gasteiger partial charge in [-0.3, -0.25) is 0 Å². The van der Waals surface area contributed by atoms with Crippen LogP contribution in [0.2, 0.25) is 0 Å². The van der Waals surface area contributed by atoms with Crippen LogP contribution in [0.15, 0.2) is 24.4 Å². The van der Waals surface area contributed by atoms with Crippen LogP contribution < -0.4 is 4.74 Å². The van der Waals surface area contributed by atoms with Crippen molar-refractivity contribution in [2.24, 2.45) is 0 Å². The number of aliphatic hydroxyl groups excluding tert-OH is 1. The van der Waals surface area contributed by atoms with Crippen molar-refractivity contribution in [2.45, 2.75) is 27.4 Å². The van der Waals surface area contributed by atoms with E-state index in [4.69, 9.17) is 9.84 Å². The number of hydrogen-bond acceptors (Lipinski definition) is 4. The molecule has 94 valence electrons. The summed E-state index contributed by atoms with van der Waals surface area (Å²) in [6, 6.07) is 6.24. The molecular formula is C14H16N2O2. The zero-order valence-corrected chi connectivity index (χ0v) is 10.8. The van der Waals surface area contributed by atoms with Gasteiger partial charge in [-0.15, -0.1) is 0 Å². The maximum Gasteiger partial charge on any atom is 0.322 e. The zero-order chi connectivity index (χ0) is 13.1. The van der Waals surface area contributed by atoms with Gasteiger partial charge in [0, 0.05) is 11.8 Å². The molecule has 0 fully saturated rings. The van der Waals surface area contributed by atoms with Crippen molar-refractivity contribution < 1.29 is 9.84 Å². The van der Waals surface area contributed by atoms with E-state index < -0.39 is 0 Å². The van der Waals surface area contributed by atoms with Crippen LogP contribution in [0.1, 0.15) is 22.4 Å². The minimum Gasteiger partial charge on any atom is -0.424 e. The maximum absolute atomic E-state index is 9.05. The Balaban J connectivity index is 2.26. The molecule has 18 heavy (non-hydrogen) atoms. The third-order valence-corrected chi connectivity index (χ3v) is 2.76. The van der Waals surface area contributed by atoms with Gasteiger partial charge >= 0.3 is 6.01 Å². The number of benzene rings is 1. The third kappa shape index (κ3) is 2.65. The van der Waals surface area contributed by atoms with E-state index >= 15 is 0 Å². The molecule has 4 nitrogen and oxygen atoms in total. The Morgan fingerprint density at radius 3 is 2.61 bits per heavy atom. The second-order valence-electron chi connectivity index (χ2n) is 4.29. The van der Waals surface area contributed by atoms with E-state index in [1.54, 1.807) is 6.20 Å². The number of hydrogen-bond donors (Lipinski definition) is 1. The average molecular weight is 244 g/mol. The molecule has 4 heteroatoms. The number of rotatable bonds is 3. The number of nitrogens with zero attached hydrogens (tertiary/aromatic N) is 2. The topological polar surface area (TPSA) is 55.2 Å². The molecule has 2 rings (SSSR count). The van der Waals surface area contributed by atoms with Gasteiger partial charge in [-0.25, -0.2) is 4.98 Å². The Bertz CT molecular complexity index is 568. The highest BCUT2D eigenvalue weighted by molar-refractivity contribution is 5.37. The molecule has 0 spiro atoms. The zero-order valence-electron chi connectivity index (χ0n) is 10.8. The van der Waals surface area contributed by atoms with Crippen molar-refractivity contribution >= 4 is 0 Å². The Morgan fingerprint density at radius 2 is 2.00 bits per heavy atom. The molecule has 1 N–H and O–H groups in total. The van der Waals surface area contributed by atoms with Crippen LogP contribution in [-0.2, 0) is 6.61 Å². The summed E-state index contributed by atoms with van der Waals surface area (Å²) in [6.45, 7) is 5.78. The molecule has 0 atom stereocenters. The van der Waals surface area contributed by atoms with Crippen LogP contribution >= 0.6 is 0 Å². The molecule has 1 aromatic heterocycles. The molecular weight excluding hydrogens is 228 g/mol. The fourth-order valence-electron chi connectivity index (χ4n) is 1.69. The van der Waals surface area contributed by atoms with E-state index in [-0.39, 0.29) is 6.61 Å². The van der Waals surface area contributed by atoms with Gasteiger partial charge < -0.3 is 9.84 Å². The normalized spacial score (nSPS) is 10.4.